The molecule has 2 aromatic rings. The maximum absolute atomic E-state index is 11.6. The summed E-state index contributed by atoms with van der Waals surface area (Å²) in [5.41, 5.74) is 1.20. The van der Waals surface area contributed by atoms with Crippen molar-refractivity contribution in [3.8, 4) is 5.75 Å². The summed E-state index contributed by atoms with van der Waals surface area (Å²) in [5, 5.41) is 7.48. The average Bonchev–Trinajstić information content (AvgIpc) is 2.80. The van der Waals surface area contributed by atoms with E-state index >= 15 is 0 Å². The normalized spacial score (nSPS) is 18.4. The molecule has 1 aliphatic rings. The number of likely N-dealkylation sites (N-methyl/N-ethyl adjacent to an activating group) is 1. The molecular weight excluding hydrogens is 400 g/mol. The molecule has 0 aromatic heterocycles. The summed E-state index contributed by atoms with van der Waals surface area (Å²) in [6.07, 6.45) is 0.444. The third kappa shape index (κ3) is 6.57. The molecule has 31 heavy (non-hydrogen) atoms. The molecule has 168 valence electrons. The van der Waals surface area contributed by atoms with Crippen molar-refractivity contribution in [2.75, 3.05) is 40.0 Å². The highest BCUT2D eigenvalue weighted by Gasteiger charge is 2.24. The van der Waals surface area contributed by atoms with Crippen LogP contribution in [0.4, 0.5) is 4.79 Å². The summed E-state index contributed by atoms with van der Waals surface area (Å²) in [6.45, 7) is 3.61. The van der Waals surface area contributed by atoms with Gasteiger partial charge in [0, 0.05) is 25.4 Å². The van der Waals surface area contributed by atoms with Crippen molar-refractivity contribution < 1.29 is 28.5 Å². The molecule has 1 heterocycles. The van der Waals surface area contributed by atoms with E-state index in [1.807, 2.05) is 18.2 Å². The van der Waals surface area contributed by atoms with E-state index in [4.69, 9.17) is 18.9 Å². The number of fused-ring (bicyclic) bond motifs is 1. The third-order valence-corrected chi connectivity index (χ3v) is 5.12. The predicted molar refractivity (Wildman–Crippen MR) is 116 cm³/mol. The van der Waals surface area contributed by atoms with Gasteiger partial charge in [0.25, 0.3) is 5.91 Å². The van der Waals surface area contributed by atoms with E-state index in [0.29, 0.717) is 39.1 Å². The molecule has 0 unspecified atom stereocenters. The topological polar surface area (TPSA) is 95.1 Å². The second-order valence-electron chi connectivity index (χ2n) is 7.33. The van der Waals surface area contributed by atoms with E-state index in [-0.39, 0.29) is 24.7 Å². The lowest BCUT2D eigenvalue weighted by atomic mass is 9.94. The lowest BCUT2D eigenvalue weighted by molar-refractivity contribution is -0.189. The van der Waals surface area contributed by atoms with Gasteiger partial charge in [0.2, 0.25) is 0 Å². The van der Waals surface area contributed by atoms with Crippen LogP contribution in [0.15, 0.2) is 36.4 Å². The number of methoxy groups -OCH3 is 1. The number of nitrogens with one attached hydrogen (secondary N) is 2. The van der Waals surface area contributed by atoms with Gasteiger partial charge in [0.1, 0.15) is 5.75 Å². The summed E-state index contributed by atoms with van der Waals surface area (Å²) in [6, 6.07) is 12.3. The molecular formula is C23H30N2O6. The number of hydrogen-bond acceptors (Lipinski definition) is 6. The number of ether oxygens (including phenoxy) is 4. The number of rotatable bonds is 9. The smallest absolute Gasteiger partial charge is 0.407 e. The van der Waals surface area contributed by atoms with Gasteiger partial charge in [-0.1, -0.05) is 24.3 Å². The lowest BCUT2D eigenvalue weighted by Gasteiger charge is -2.30. The number of alkyl carbamates (subject to hydrolysis) is 1. The zero-order chi connectivity index (χ0) is 22.1. The largest absolute Gasteiger partial charge is 0.497 e. The van der Waals surface area contributed by atoms with E-state index in [9.17, 15) is 9.59 Å². The second kappa shape index (κ2) is 11.5. The fourth-order valence-electron chi connectivity index (χ4n) is 3.55. The van der Waals surface area contributed by atoms with Gasteiger partial charge >= 0.3 is 6.09 Å². The molecule has 1 aliphatic heterocycles. The van der Waals surface area contributed by atoms with Crippen molar-refractivity contribution in [2.24, 2.45) is 0 Å². The van der Waals surface area contributed by atoms with E-state index in [2.05, 4.69) is 28.8 Å². The van der Waals surface area contributed by atoms with Crippen molar-refractivity contribution in [1.29, 1.82) is 0 Å². The molecule has 2 N–H and O–H groups in total. The quantitative estimate of drug-likeness (QED) is 0.594. The zero-order valence-electron chi connectivity index (χ0n) is 18.0. The highest BCUT2D eigenvalue weighted by atomic mass is 16.7. The van der Waals surface area contributed by atoms with Crippen LogP contribution < -0.4 is 15.4 Å². The number of carbonyl (C=O) groups excluding carboxylic acids is 2. The number of hydrogen-bond donors (Lipinski definition) is 2. The standard InChI is InChI=1S/C23H30N2O6/c1-3-24-21(26)15-31-23(27)25-11-5-8-22-29-13-17(14-30-22)19-7-4-6-16-12-18(28-2)9-10-20(16)19/h4,6-7,9-10,12,17,22H,3,5,8,11,13-15H2,1-2H3,(H,24,26)(H,25,27)/t17-,22-. The summed E-state index contributed by atoms with van der Waals surface area (Å²) in [4.78, 5) is 22.8. The van der Waals surface area contributed by atoms with Crippen LogP contribution >= 0.6 is 0 Å². The molecule has 0 spiro atoms. The van der Waals surface area contributed by atoms with Crippen LogP contribution in [0.3, 0.4) is 0 Å². The van der Waals surface area contributed by atoms with E-state index in [1.165, 1.54) is 10.9 Å². The Labute approximate surface area is 182 Å². The van der Waals surface area contributed by atoms with Gasteiger partial charge in [-0.05, 0) is 41.8 Å². The summed E-state index contributed by atoms with van der Waals surface area (Å²) in [5.74, 6) is 0.680. The Balaban J connectivity index is 1.39. The lowest BCUT2D eigenvalue weighted by Crippen LogP contribution is -2.33. The first-order valence-corrected chi connectivity index (χ1v) is 10.6. The number of carbonyl (C=O) groups is 2. The van der Waals surface area contributed by atoms with Gasteiger partial charge in [-0.25, -0.2) is 4.79 Å². The van der Waals surface area contributed by atoms with Crippen molar-refractivity contribution in [1.82, 2.24) is 10.6 Å². The Morgan fingerprint density at radius 2 is 1.94 bits per heavy atom. The Hall–Kier alpha value is -2.84. The molecule has 0 radical (unpaired) electrons. The molecule has 8 heteroatoms. The van der Waals surface area contributed by atoms with Gasteiger partial charge in [0.05, 0.1) is 20.3 Å². The van der Waals surface area contributed by atoms with Crippen LogP contribution in [0.2, 0.25) is 0 Å². The van der Waals surface area contributed by atoms with Gasteiger partial charge in [-0.15, -0.1) is 0 Å². The summed E-state index contributed by atoms with van der Waals surface area (Å²) < 4.78 is 22.0. The molecule has 0 aliphatic carbocycles. The third-order valence-electron chi connectivity index (χ3n) is 5.12. The first-order valence-electron chi connectivity index (χ1n) is 10.6. The van der Waals surface area contributed by atoms with E-state index in [0.717, 1.165) is 11.1 Å². The molecule has 3 rings (SSSR count). The van der Waals surface area contributed by atoms with E-state index < -0.39 is 6.09 Å². The van der Waals surface area contributed by atoms with Crippen LogP contribution in [0, 0.1) is 0 Å². The molecule has 1 fully saturated rings. The second-order valence-corrected chi connectivity index (χ2v) is 7.33. The monoisotopic (exact) mass is 430 g/mol. The highest BCUT2D eigenvalue weighted by molar-refractivity contribution is 5.87. The first-order chi connectivity index (χ1) is 15.1. The van der Waals surface area contributed by atoms with Crippen LogP contribution in [0.5, 0.6) is 5.75 Å². The minimum atomic E-state index is -0.607. The SMILES string of the molecule is CCNC(=O)COC(=O)NCCC[C@H]1OC[C@H](c2cccc3cc(OC)ccc32)CO1. The summed E-state index contributed by atoms with van der Waals surface area (Å²) >= 11 is 0. The molecule has 2 amide bonds. The van der Waals surface area contributed by atoms with Crippen LogP contribution in [0.25, 0.3) is 10.8 Å². The van der Waals surface area contributed by atoms with Crippen molar-refractivity contribution in [3.05, 3.63) is 42.0 Å². The Morgan fingerprint density at radius 1 is 1.13 bits per heavy atom. The van der Waals surface area contributed by atoms with Gasteiger partial charge in [-0.2, -0.15) is 0 Å². The summed E-state index contributed by atoms with van der Waals surface area (Å²) in [7, 11) is 1.67. The van der Waals surface area contributed by atoms with Crippen molar-refractivity contribution in [3.63, 3.8) is 0 Å². The van der Waals surface area contributed by atoms with Gasteiger partial charge < -0.3 is 29.6 Å². The van der Waals surface area contributed by atoms with E-state index in [1.54, 1.807) is 14.0 Å². The Bertz CT molecular complexity index is 879. The Kier molecular flexibility index (Phi) is 8.49. The van der Waals surface area contributed by atoms with Crippen LogP contribution in [-0.4, -0.2) is 58.3 Å². The molecule has 1 saturated heterocycles. The van der Waals surface area contributed by atoms with Crippen LogP contribution in [-0.2, 0) is 19.0 Å². The predicted octanol–water partition coefficient (Wildman–Crippen LogP) is 2.95. The highest BCUT2D eigenvalue weighted by Crippen LogP contribution is 2.31. The minimum absolute atomic E-state index is 0.163. The molecule has 0 bridgehead atoms. The number of amides is 2. The van der Waals surface area contributed by atoms with Gasteiger partial charge in [-0.3, -0.25) is 4.79 Å². The zero-order valence-corrected chi connectivity index (χ0v) is 18.0. The fraction of sp³-hybridized carbons (Fsp3) is 0.478. The maximum Gasteiger partial charge on any atom is 0.407 e. The van der Waals surface area contributed by atoms with Crippen LogP contribution in [0.1, 0.15) is 31.2 Å². The molecule has 0 atom stereocenters. The minimum Gasteiger partial charge on any atom is -0.497 e. The van der Waals surface area contributed by atoms with Crippen molar-refractivity contribution in [2.45, 2.75) is 32.0 Å². The Morgan fingerprint density at radius 3 is 2.68 bits per heavy atom. The fourth-order valence-corrected chi connectivity index (χ4v) is 3.55. The first kappa shape index (κ1) is 22.8. The molecule has 2 aromatic carbocycles. The maximum atomic E-state index is 11.6. The van der Waals surface area contributed by atoms with Crippen molar-refractivity contribution >= 4 is 22.8 Å². The van der Waals surface area contributed by atoms with Gasteiger partial charge in [0.15, 0.2) is 12.9 Å². The average molecular weight is 431 g/mol. The number of benzene rings is 2. The molecule has 8 nitrogen and oxygen atoms in total. The molecule has 0 saturated carbocycles.